The second kappa shape index (κ2) is 4.25. The normalized spacial score (nSPS) is 13.3. The van der Waals surface area contributed by atoms with Gasteiger partial charge in [0.15, 0.2) is 11.5 Å². The molecule has 2 heterocycles. The molecule has 2 aromatic rings. The second-order valence-corrected chi connectivity index (χ2v) is 4.34. The van der Waals surface area contributed by atoms with Gasteiger partial charge in [0.1, 0.15) is 11.8 Å². The minimum atomic E-state index is -0.668. The maximum Gasteiger partial charge on any atom is 0.289 e. The van der Waals surface area contributed by atoms with E-state index in [0.717, 1.165) is 0 Å². The molecule has 0 bridgehead atoms. The lowest BCUT2D eigenvalue weighted by molar-refractivity contribution is 0.556. The highest BCUT2D eigenvalue weighted by Crippen LogP contribution is 2.19. The van der Waals surface area contributed by atoms with Gasteiger partial charge in [-0.3, -0.25) is 0 Å². The lowest BCUT2D eigenvalue weighted by Crippen LogP contribution is -2.19. The fraction of sp³-hybridized carbons (Fsp3) is 0.444. The van der Waals surface area contributed by atoms with Crippen LogP contribution in [0.4, 0.5) is 10.2 Å². The van der Waals surface area contributed by atoms with Gasteiger partial charge < -0.3 is 10.3 Å². The van der Waals surface area contributed by atoms with Crippen LogP contribution in [0.25, 0.3) is 11.2 Å². The summed E-state index contributed by atoms with van der Waals surface area (Å²) in [5.74, 6) is 0.830. The molecular weight excluding hydrogens is 229 g/mol. The molecule has 0 saturated heterocycles. The van der Waals surface area contributed by atoms with Gasteiger partial charge in [0.25, 0.3) is 6.08 Å². The number of anilines is 1. The number of aromatic amines is 1. The number of rotatable bonds is 3. The molecule has 5 nitrogen and oxygen atoms in total. The Morgan fingerprint density at radius 2 is 2.19 bits per heavy atom. The van der Waals surface area contributed by atoms with Gasteiger partial charge >= 0.3 is 0 Å². The molecule has 1 atom stereocenters. The van der Waals surface area contributed by atoms with Crippen molar-refractivity contribution in [1.82, 2.24) is 19.9 Å². The Bertz CT molecular complexity index is 498. The van der Waals surface area contributed by atoms with Gasteiger partial charge in [-0.15, -0.1) is 0 Å². The molecule has 2 rings (SSSR count). The molecular formula is C9H12FN5S. The first-order valence-electron chi connectivity index (χ1n) is 4.88. The zero-order valence-corrected chi connectivity index (χ0v) is 9.79. The first kappa shape index (κ1) is 11.1. The Morgan fingerprint density at radius 3 is 2.88 bits per heavy atom. The van der Waals surface area contributed by atoms with Crippen LogP contribution in [0.5, 0.6) is 0 Å². The van der Waals surface area contributed by atoms with E-state index in [0.29, 0.717) is 22.9 Å². The van der Waals surface area contributed by atoms with Crippen molar-refractivity contribution in [1.29, 1.82) is 0 Å². The van der Waals surface area contributed by atoms with Crippen molar-refractivity contribution < 1.29 is 4.39 Å². The highest BCUT2D eigenvalue weighted by Gasteiger charge is 2.13. The summed E-state index contributed by atoms with van der Waals surface area (Å²) in [5, 5.41) is 3.01. The molecule has 16 heavy (non-hydrogen) atoms. The number of fused-ring (bicyclic) bond motifs is 1. The monoisotopic (exact) mass is 241 g/mol. The van der Waals surface area contributed by atoms with E-state index in [1.165, 1.54) is 6.33 Å². The molecule has 0 fully saturated rings. The minimum Gasteiger partial charge on any atom is -0.356 e. The number of H-pyrrole nitrogens is 1. The predicted molar refractivity (Wildman–Crippen MR) is 62.9 cm³/mol. The van der Waals surface area contributed by atoms with Gasteiger partial charge in [0.05, 0.1) is 5.37 Å². The molecule has 0 spiro atoms. The Balaban J connectivity index is 2.36. The molecule has 0 aliphatic rings. The molecule has 0 radical (unpaired) electrons. The van der Waals surface area contributed by atoms with E-state index < -0.39 is 6.08 Å². The topological polar surface area (TPSA) is 66.5 Å². The van der Waals surface area contributed by atoms with Crippen LogP contribution in [0.2, 0.25) is 0 Å². The quantitative estimate of drug-likeness (QED) is 0.435. The molecule has 0 aliphatic heterocycles. The zero-order chi connectivity index (χ0) is 11.7. The van der Waals surface area contributed by atoms with Crippen molar-refractivity contribution in [3.63, 3.8) is 0 Å². The third kappa shape index (κ3) is 2.08. The lowest BCUT2D eigenvalue weighted by atomic mass is 10.2. The molecule has 86 valence electrons. The summed E-state index contributed by atoms with van der Waals surface area (Å²) in [7, 11) is 0. The predicted octanol–water partition coefficient (Wildman–Crippen LogP) is 1.82. The highest BCUT2D eigenvalue weighted by atomic mass is 32.1. The van der Waals surface area contributed by atoms with E-state index in [4.69, 9.17) is 0 Å². The molecule has 2 aromatic heterocycles. The largest absolute Gasteiger partial charge is 0.356 e. The number of thiol groups is 1. The van der Waals surface area contributed by atoms with Crippen LogP contribution < -0.4 is 5.32 Å². The molecule has 0 saturated carbocycles. The van der Waals surface area contributed by atoms with Crippen LogP contribution in [0.1, 0.15) is 13.8 Å². The Labute approximate surface area is 97.3 Å². The molecule has 0 aromatic carbocycles. The van der Waals surface area contributed by atoms with Crippen LogP contribution in [0.15, 0.2) is 6.33 Å². The summed E-state index contributed by atoms with van der Waals surface area (Å²) < 4.78 is 12.9. The molecule has 0 unspecified atom stereocenters. The van der Waals surface area contributed by atoms with E-state index in [1.54, 1.807) is 0 Å². The summed E-state index contributed by atoms with van der Waals surface area (Å²) >= 11 is 4.37. The van der Waals surface area contributed by atoms with Gasteiger partial charge in [0.2, 0.25) is 0 Å². The maximum atomic E-state index is 12.9. The summed E-state index contributed by atoms with van der Waals surface area (Å²) in [5.41, 5.74) is 0.763. The van der Waals surface area contributed by atoms with Crippen molar-refractivity contribution in [3.8, 4) is 0 Å². The molecule has 0 amide bonds. The van der Waals surface area contributed by atoms with Gasteiger partial charge in [0, 0.05) is 0 Å². The van der Waals surface area contributed by atoms with Crippen molar-refractivity contribution in [2.45, 2.75) is 19.2 Å². The number of aromatic nitrogens is 4. The zero-order valence-electron chi connectivity index (χ0n) is 8.90. The average Bonchev–Trinajstić information content (AvgIpc) is 2.59. The molecule has 2 N–H and O–H groups in total. The van der Waals surface area contributed by atoms with Crippen molar-refractivity contribution in [3.05, 3.63) is 12.4 Å². The number of hydrogen-bond acceptors (Lipinski definition) is 5. The Hall–Kier alpha value is -1.37. The Kier molecular flexibility index (Phi) is 2.95. The smallest absolute Gasteiger partial charge is 0.289 e. The maximum absolute atomic E-state index is 12.9. The van der Waals surface area contributed by atoms with Crippen molar-refractivity contribution in [2.24, 2.45) is 5.92 Å². The summed E-state index contributed by atoms with van der Waals surface area (Å²) in [6, 6.07) is 0. The van der Waals surface area contributed by atoms with Crippen LogP contribution >= 0.6 is 12.6 Å². The number of imidazole rings is 1. The third-order valence-corrected chi connectivity index (χ3v) is 2.90. The summed E-state index contributed by atoms with van der Waals surface area (Å²) in [6.45, 7) is 4.05. The van der Waals surface area contributed by atoms with Crippen molar-refractivity contribution in [2.75, 3.05) is 5.32 Å². The van der Waals surface area contributed by atoms with E-state index in [2.05, 4.69) is 37.9 Å². The van der Waals surface area contributed by atoms with E-state index in [9.17, 15) is 4.39 Å². The summed E-state index contributed by atoms with van der Waals surface area (Å²) in [6.07, 6.45) is 0.671. The highest BCUT2D eigenvalue weighted by molar-refractivity contribution is 7.81. The van der Waals surface area contributed by atoms with Gasteiger partial charge in [-0.2, -0.15) is 22.0 Å². The minimum absolute atomic E-state index is 0.0653. The van der Waals surface area contributed by atoms with E-state index >= 15 is 0 Å². The van der Waals surface area contributed by atoms with E-state index in [-0.39, 0.29) is 5.37 Å². The first-order valence-corrected chi connectivity index (χ1v) is 5.40. The van der Waals surface area contributed by atoms with Gasteiger partial charge in [-0.1, -0.05) is 13.8 Å². The standard InChI is InChI=1S/C9H12FN5S/c1-4(2)8(16)14-6-5-7(12-3-11-6)15-9(10)13-5/h3-4,8,16H,1-2H3,(H2,11,12,13,14,15)/t8-/m1/s1. The average molecular weight is 241 g/mol. The summed E-state index contributed by atoms with van der Waals surface area (Å²) in [4.78, 5) is 13.9. The molecule has 7 heteroatoms. The van der Waals surface area contributed by atoms with E-state index in [1.807, 2.05) is 13.8 Å². The van der Waals surface area contributed by atoms with Gasteiger partial charge in [-0.25, -0.2) is 9.97 Å². The number of nitrogens with one attached hydrogen (secondary N) is 2. The fourth-order valence-electron chi connectivity index (χ4n) is 1.22. The first-order chi connectivity index (χ1) is 7.58. The van der Waals surface area contributed by atoms with Crippen LogP contribution in [0.3, 0.4) is 0 Å². The fourth-order valence-corrected chi connectivity index (χ4v) is 1.34. The van der Waals surface area contributed by atoms with Gasteiger partial charge in [-0.05, 0) is 5.92 Å². The second-order valence-electron chi connectivity index (χ2n) is 3.78. The number of hydrogen-bond donors (Lipinski definition) is 3. The molecule has 0 aliphatic carbocycles. The number of halogens is 1. The Morgan fingerprint density at radius 1 is 1.44 bits per heavy atom. The van der Waals surface area contributed by atoms with Crippen LogP contribution in [0, 0.1) is 12.0 Å². The third-order valence-electron chi connectivity index (χ3n) is 2.18. The lowest BCUT2D eigenvalue weighted by Gasteiger charge is -2.16. The van der Waals surface area contributed by atoms with Crippen LogP contribution in [-0.4, -0.2) is 25.3 Å². The van der Waals surface area contributed by atoms with Crippen molar-refractivity contribution >= 4 is 29.6 Å². The number of nitrogens with zero attached hydrogens (tertiary/aromatic N) is 3. The van der Waals surface area contributed by atoms with Crippen LogP contribution in [-0.2, 0) is 0 Å². The SMILES string of the molecule is CC(C)[C@@H](S)Nc1ncnc2nc(F)[nH]c12.